The Morgan fingerprint density at radius 3 is 0.774 bits per heavy atom. The van der Waals surface area contributed by atoms with Crippen molar-refractivity contribution in [3.05, 3.63) is 81.6 Å². The van der Waals surface area contributed by atoms with Gasteiger partial charge in [0, 0.05) is 15.1 Å². The van der Waals surface area contributed by atoms with Crippen molar-refractivity contribution in [1.82, 2.24) is 0 Å². The maximum absolute atomic E-state index is 6.21. The Morgan fingerprint density at radius 2 is 0.581 bits per heavy atom. The number of hydrogen-bond donors (Lipinski definition) is 0. The van der Waals surface area contributed by atoms with Crippen molar-refractivity contribution in [2.75, 3.05) is 0 Å². The summed E-state index contributed by atoms with van der Waals surface area (Å²) in [7, 11) is -1.55. The predicted molar refractivity (Wildman–Crippen MR) is 132 cm³/mol. The summed E-state index contributed by atoms with van der Waals surface area (Å²) < 4.78 is 17.3. The highest BCUT2D eigenvalue weighted by Gasteiger charge is 2.35. The lowest BCUT2D eigenvalue weighted by molar-refractivity contribution is 0.307. The molecule has 13 heteroatoms. The van der Waals surface area contributed by atoms with Crippen LogP contribution in [-0.2, 0) is 0 Å². The van der Waals surface area contributed by atoms with E-state index >= 15 is 0 Å². The summed E-state index contributed by atoms with van der Waals surface area (Å²) in [4.78, 5) is 0. The Kier molecular flexibility index (Phi) is 8.81. The monoisotopic (exact) mass is 596 g/mol. The molecule has 0 aliphatic carbocycles. The van der Waals surface area contributed by atoms with Gasteiger partial charge in [-0.15, -0.1) is 0 Å². The second-order valence-electron chi connectivity index (χ2n) is 5.74. The predicted octanol–water partition coefficient (Wildman–Crippen LogP) is 10.1. The first-order valence-electron chi connectivity index (χ1n) is 7.98. The smallest absolute Gasteiger partial charge is 0.487 e. The Hall–Kier alpha value is -0.265. The Labute approximate surface area is 223 Å². The van der Waals surface area contributed by atoms with Gasteiger partial charge in [-0.1, -0.05) is 104 Å². The zero-order valence-corrected chi connectivity index (χ0v) is 21.5. The van der Waals surface area contributed by atoms with Gasteiger partial charge in [0.15, 0.2) is 0 Å². The molecule has 0 saturated carbocycles. The molecular formula is C18H6BCl9O3. The van der Waals surface area contributed by atoms with Crippen LogP contribution in [0.3, 0.4) is 0 Å². The van der Waals surface area contributed by atoms with Crippen LogP contribution in [0.2, 0.25) is 45.2 Å². The number of benzene rings is 3. The molecule has 0 aliphatic heterocycles. The van der Waals surface area contributed by atoms with Gasteiger partial charge in [0.2, 0.25) is 0 Å². The fourth-order valence-electron chi connectivity index (χ4n) is 2.29. The number of halogens is 9. The van der Waals surface area contributed by atoms with Crippen LogP contribution in [-0.4, -0.2) is 7.32 Å². The molecule has 3 aromatic rings. The molecule has 0 heterocycles. The molecule has 31 heavy (non-hydrogen) atoms. The van der Waals surface area contributed by atoms with Crippen LogP contribution in [0.5, 0.6) is 17.2 Å². The molecule has 0 saturated heterocycles. The maximum Gasteiger partial charge on any atom is 0.864 e. The summed E-state index contributed by atoms with van der Waals surface area (Å²) in [6, 6.07) is 8.53. The van der Waals surface area contributed by atoms with Gasteiger partial charge in [-0.25, -0.2) is 0 Å². The zero-order chi connectivity index (χ0) is 22.9. The lowest BCUT2D eigenvalue weighted by Crippen LogP contribution is -2.37. The van der Waals surface area contributed by atoms with E-state index in [1.807, 2.05) is 0 Å². The molecule has 162 valence electrons. The summed E-state index contributed by atoms with van der Waals surface area (Å²) >= 11 is 55.1. The third-order valence-corrected chi connectivity index (χ3v) is 5.87. The van der Waals surface area contributed by atoms with Crippen molar-refractivity contribution in [3.63, 3.8) is 0 Å². The van der Waals surface area contributed by atoms with E-state index in [-0.39, 0.29) is 47.4 Å². The summed E-state index contributed by atoms with van der Waals surface area (Å²) in [5, 5.41) is 1.46. The maximum atomic E-state index is 6.21. The Balaban J connectivity index is 2.02. The molecule has 0 aromatic heterocycles. The quantitative estimate of drug-likeness (QED) is 0.264. The first-order chi connectivity index (χ1) is 14.5. The molecule has 0 aliphatic rings. The third-order valence-electron chi connectivity index (χ3n) is 3.53. The molecule has 0 amide bonds. The fraction of sp³-hybridized carbons (Fsp3) is 0. The summed E-state index contributed by atoms with van der Waals surface area (Å²) in [5.41, 5.74) is 0. The molecular weight excluding hydrogens is 594 g/mol. The molecule has 3 aromatic carbocycles. The van der Waals surface area contributed by atoms with Crippen LogP contribution in [0.1, 0.15) is 0 Å². The van der Waals surface area contributed by atoms with E-state index in [9.17, 15) is 0 Å². The number of hydrogen-bond acceptors (Lipinski definition) is 3. The van der Waals surface area contributed by atoms with Crippen molar-refractivity contribution >= 4 is 112 Å². The van der Waals surface area contributed by atoms with Gasteiger partial charge in [0.05, 0.1) is 30.1 Å². The van der Waals surface area contributed by atoms with Crippen LogP contribution in [0.25, 0.3) is 0 Å². The lowest BCUT2D eigenvalue weighted by Gasteiger charge is -2.20. The van der Waals surface area contributed by atoms with Crippen molar-refractivity contribution in [3.8, 4) is 17.2 Å². The fourth-order valence-corrected chi connectivity index (χ4v) is 5.00. The van der Waals surface area contributed by atoms with Crippen LogP contribution in [0, 0.1) is 0 Å². The molecule has 0 atom stereocenters. The average Bonchev–Trinajstić information content (AvgIpc) is 2.63. The minimum Gasteiger partial charge on any atom is -0.487 e. The molecule has 0 fully saturated rings. The second-order valence-corrected chi connectivity index (χ2v) is 9.49. The minimum atomic E-state index is -1.55. The van der Waals surface area contributed by atoms with E-state index in [1.54, 1.807) is 0 Å². The van der Waals surface area contributed by atoms with Gasteiger partial charge < -0.3 is 14.0 Å². The van der Waals surface area contributed by atoms with Gasteiger partial charge in [0.25, 0.3) is 0 Å². The van der Waals surface area contributed by atoms with Gasteiger partial charge in [-0.2, -0.15) is 0 Å². The third kappa shape index (κ3) is 6.41. The molecule has 0 radical (unpaired) electrons. The molecule has 0 bridgehead atoms. The lowest BCUT2D eigenvalue weighted by atomic mass is 10.2. The van der Waals surface area contributed by atoms with E-state index in [4.69, 9.17) is 118 Å². The first kappa shape index (κ1) is 25.4. The second kappa shape index (κ2) is 10.8. The normalized spacial score (nSPS) is 10.7. The van der Waals surface area contributed by atoms with Gasteiger partial charge in [-0.3, -0.25) is 0 Å². The number of rotatable bonds is 6. The van der Waals surface area contributed by atoms with Crippen LogP contribution >= 0.6 is 104 Å². The van der Waals surface area contributed by atoms with Gasteiger partial charge >= 0.3 is 7.32 Å². The van der Waals surface area contributed by atoms with Crippen LogP contribution in [0.15, 0.2) is 36.4 Å². The Morgan fingerprint density at radius 1 is 0.387 bits per heavy atom. The highest BCUT2D eigenvalue weighted by molar-refractivity contribution is 6.47. The molecule has 3 nitrogen and oxygen atoms in total. The van der Waals surface area contributed by atoms with E-state index < -0.39 is 7.32 Å². The summed E-state index contributed by atoms with van der Waals surface area (Å²) in [5.74, 6) is 0.0421. The van der Waals surface area contributed by atoms with Crippen molar-refractivity contribution in [1.29, 1.82) is 0 Å². The van der Waals surface area contributed by atoms with E-state index in [2.05, 4.69) is 0 Å². The largest absolute Gasteiger partial charge is 0.864 e. The van der Waals surface area contributed by atoms with Crippen molar-refractivity contribution < 1.29 is 14.0 Å². The molecule has 0 N–H and O–H groups in total. The summed E-state index contributed by atoms with van der Waals surface area (Å²) in [6.45, 7) is 0. The Bertz CT molecular complexity index is 932. The zero-order valence-electron chi connectivity index (χ0n) is 14.7. The van der Waals surface area contributed by atoms with Gasteiger partial charge in [-0.05, 0) is 36.4 Å². The topological polar surface area (TPSA) is 27.7 Å². The van der Waals surface area contributed by atoms with E-state index in [0.29, 0.717) is 15.1 Å². The van der Waals surface area contributed by atoms with Crippen molar-refractivity contribution in [2.45, 2.75) is 0 Å². The van der Waals surface area contributed by atoms with Crippen molar-refractivity contribution in [2.24, 2.45) is 0 Å². The average molecular weight is 600 g/mol. The standard InChI is InChI=1S/C18H6BCl9O3/c20-7-1-10(23)16(11(24)2-7)29-19(30-17-12(25)3-8(21)4-13(17)26)31-18-14(27)5-9(22)6-15(18)28/h1-6H. The highest BCUT2D eigenvalue weighted by Crippen LogP contribution is 2.41. The van der Waals surface area contributed by atoms with Crippen LogP contribution in [0.4, 0.5) is 0 Å². The highest BCUT2D eigenvalue weighted by atomic mass is 35.5. The SMILES string of the molecule is Clc1cc(Cl)c(OB(Oc2c(Cl)cc(Cl)cc2Cl)Oc2c(Cl)cc(Cl)cc2Cl)c(Cl)c1. The first-order valence-corrected chi connectivity index (χ1v) is 11.4. The van der Waals surface area contributed by atoms with Crippen LogP contribution < -0.4 is 14.0 Å². The molecule has 3 rings (SSSR count). The minimum absolute atomic E-state index is 0.0140. The van der Waals surface area contributed by atoms with Gasteiger partial charge in [0.1, 0.15) is 17.2 Å². The summed E-state index contributed by atoms with van der Waals surface area (Å²) in [6.07, 6.45) is 0. The van der Waals surface area contributed by atoms with E-state index in [1.165, 1.54) is 36.4 Å². The molecule has 0 spiro atoms. The van der Waals surface area contributed by atoms with E-state index in [0.717, 1.165) is 0 Å². The molecule has 0 unspecified atom stereocenters.